The summed E-state index contributed by atoms with van der Waals surface area (Å²) in [4.78, 5) is 0. The van der Waals surface area contributed by atoms with Crippen molar-refractivity contribution in [2.24, 2.45) is 0 Å². The molecule has 1 rings (SSSR count). The summed E-state index contributed by atoms with van der Waals surface area (Å²) in [5.41, 5.74) is 0. The zero-order chi connectivity index (χ0) is 7.56. The number of para-hydroxylation sites is 1. The summed E-state index contributed by atoms with van der Waals surface area (Å²) in [6.07, 6.45) is 0. The number of rotatable bonds is 1. The van der Waals surface area contributed by atoms with E-state index >= 15 is 0 Å². The van der Waals surface area contributed by atoms with Crippen LogP contribution in [0, 0.1) is 0 Å². The third-order valence-corrected chi connectivity index (χ3v) is 2.23. The number of phenols is 2. The van der Waals surface area contributed by atoms with Crippen molar-refractivity contribution in [2.75, 3.05) is 0 Å². The average molecular weight is 152 g/mol. The minimum Gasteiger partial charge on any atom is -0.504 e. The molecule has 2 N–H and O–H groups in total. The van der Waals surface area contributed by atoms with Crippen LogP contribution >= 0.6 is 0 Å². The van der Waals surface area contributed by atoms with E-state index in [4.69, 9.17) is 10.2 Å². The highest BCUT2D eigenvalue weighted by atomic mass is 28.2. The molecule has 0 atom stereocenters. The minimum absolute atomic E-state index is 0.0170. The third kappa shape index (κ3) is 1.13. The van der Waals surface area contributed by atoms with Crippen molar-refractivity contribution in [3.63, 3.8) is 0 Å². The van der Waals surface area contributed by atoms with Gasteiger partial charge in [-0.15, -0.1) is 0 Å². The summed E-state index contributed by atoms with van der Waals surface area (Å²) in [7, 11) is 0.515. The Morgan fingerprint density at radius 2 is 2.00 bits per heavy atom. The van der Waals surface area contributed by atoms with Crippen LogP contribution in [0.1, 0.15) is 0 Å². The first kappa shape index (κ1) is 7.15. The van der Waals surface area contributed by atoms with Gasteiger partial charge in [-0.1, -0.05) is 18.7 Å². The first-order valence-electron chi connectivity index (χ1n) is 2.94. The normalized spacial score (nSPS) is 9.70. The number of aromatic hydroxyl groups is 2. The first-order chi connectivity index (χ1) is 4.75. The molecule has 0 amide bonds. The molecule has 0 aliphatic heterocycles. The van der Waals surface area contributed by atoms with Crippen LogP contribution in [0.15, 0.2) is 18.2 Å². The Labute approximate surface area is 62.0 Å². The van der Waals surface area contributed by atoms with E-state index in [-0.39, 0.29) is 11.5 Å². The molecule has 10 heavy (non-hydrogen) atoms. The summed E-state index contributed by atoms with van der Waals surface area (Å²) < 4.78 is 0. The molecule has 0 saturated heterocycles. The van der Waals surface area contributed by atoms with E-state index in [0.29, 0.717) is 9.52 Å². The molecule has 0 fully saturated rings. The molecule has 3 heteroatoms. The Morgan fingerprint density at radius 3 is 2.50 bits per heavy atom. The van der Waals surface area contributed by atoms with Crippen molar-refractivity contribution in [1.82, 2.24) is 0 Å². The van der Waals surface area contributed by atoms with Gasteiger partial charge in [-0.2, -0.15) is 0 Å². The van der Waals surface area contributed by atoms with Crippen molar-refractivity contribution in [3.8, 4) is 11.5 Å². The van der Waals surface area contributed by atoms with Crippen LogP contribution in [0.4, 0.5) is 0 Å². The molecular weight excluding hydrogens is 144 g/mol. The fourth-order valence-electron chi connectivity index (χ4n) is 0.733. The lowest BCUT2D eigenvalue weighted by Crippen LogP contribution is -2.09. The Balaban J connectivity index is 3.14. The first-order valence-corrected chi connectivity index (χ1v) is 4.44. The molecule has 2 nitrogen and oxygen atoms in total. The highest BCUT2D eigenvalue weighted by Crippen LogP contribution is 2.19. The lowest BCUT2D eigenvalue weighted by Gasteiger charge is -2.00. The van der Waals surface area contributed by atoms with Crippen LogP contribution in [0.2, 0.25) is 6.55 Å². The van der Waals surface area contributed by atoms with E-state index in [1.807, 2.05) is 6.55 Å². The fraction of sp³-hybridized carbons (Fsp3) is 0.143. The second-order valence-electron chi connectivity index (χ2n) is 1.92. The van der Waals surface area contributed by atoms with Crippen LogP contribution in [-0.4, -0.2) is 19.7 Å². The average Bonchev–Trinajstić information content (AvgIpc) is 1.95. The largest absolute Gasteiger partial charge is 0.504 e. The Kier molecular flexibility index (Phi) is 1.96. The predicted octanol–water partition coefficient (Wildman–Crippen LogP) is 0.475. The number of benzene rings is 1. The maximum atomic E-state index is 9.15. The van der Waals surface area contributed by atoms with Gasteiger partial charge in [-0.25, -0.2) is 0 Å². The lowest BCUT2D eigenvalue weighted by atomic mass is 10.3. The van der Waals surface area contributed by atoms with Gasteiger partial charge in [0.1, 0.15) is 0 Å². The van der Waals surface area contributed by atoms with Crippen molar-refractivity contribution in [3.05, 3.63) is 18.2 Å². The SMILES string of the molecule is C[Si]c1cccc(O)c1O. The number of phenolic OH excluding ortho intramolecular Hbond substituents is 2. The van der Waals surface area contributed by atoms with Crippen molar-refractivity contribution in [1.29, 1.82) is 0 Å². The molecule has 0 aromatic heterocycles. The van der Waals surface area contributed by atoms with Gasteiger partial charge in [-0.05, 0) is 11.3 Å². The van der Waals surface area contributed by atoms with Gasteiger partial charge in [0.2, 0.25) is 0 Å². The van der Waals surface area contributed by atoms with E-state index in [0.717, 1.165) is 5.19 Å². The van der Waals surface area contributed by atoms with E-state index in [2.05, 4.69) is 0 Å². The Bertz CT molecular complexity index is 235. The van der Waals surface area contributed by atoms with E-state index in [1.54, 1.807) is 12.1 Å². The summed E-state index contributed by atoms with van der Waals surface area (Å²) in [6, 6.07) is 4.99. The molecule has 0 spiro atoms. The van der Waals surface area contributed by atoms with Crippen molar-refractivity contribution < 1.29 is 10.2 Å². The van der Waals surface area contributed by atoms with E-state index in [9.17, 15) is 0 Å². The second kappa shape index (κ2) is 2.75. The van der Waals surface area contributed by atoms with Crippen LogP contribution in [0.25, 0.3) is 0 Å². The quantitative estimate of drug-likeness (QED) is 0.454. The van der Waals surface area contributed by atoms with Crippen LogP contribution in [-0.2, 0) is 0 Å². The highest BCUT2D eigenvalue weighted by Gasteiger charge is 2.01. The van der Waals surface area contributed by atoms with Crippen molar-refractivity contribution >= 4 is 14.7 Å². The maximum Gasteiger partial charge on any atom is 0.157 e. The third-order valence-electron chi connectivity index (χ3n) is 1.28. The van der Waals surface area contributed by atoms with Gasteiger partial charge in [0, 0.05) is 0 Å². The van der Waals surface area contributed by atoms with Gasteiger partial charge in [0.25, 0.3) is 0 Å². The van der Waals surface area contributed by atoms with Gasteiger partial charge in [-0.3, -0.25) is 0 Å². The number of hydrogen-bond acceptors (Lipinski definition) is 2. The minimum atomic E-state index is -0.0353. The fourth-order valence-corrected chi connectivity index (χ4v) is 1.36. The van der Waals surface area contributed by atoms with Crippen molar-refractivity contribution in [2.45, 2.75) is 6.55 Å². The summed E-state index contributed by atoms with van der Waals surface area (Å²) >= 11 is 0. The predicted molar refractivity (Wildman–Crippen MR) is 41.0 cm³/mol. The Morgan fingerprint density at radius 1 is 1.30 bits per heavy atom. The van der Waals surface area contributed by atoms with Gasteiger partial charge < -0.3 is 10.2 Å². The molecule has 0 aliphatic rings. The van der Waals surface area contributed by atoms with E-state index in [1.165, 1.54) is 6.07 Å². The summed E-state index contributed by atoms with van der Waals surface area (Å²) in [5.74, 6) is -0.0183. The molecule has 1 aromatic rings. The molecule has 0 heterocycles. The molecule has 52 valence electrons. The smallest absolute Gasteiger partial charge is 0.157 e. The maximum absolute atomic E-state index is 9.15. The monoisotopic (exact) mass is 152 g/mol. The van der Waals surface area contributed by atoms with E-state index < -0.39 is 0 Å². The lowest BCUT2D eigenvalue weighted by molar-refractivity contribution is 0.406. The van der Waals surface area contributed by atoms with Gasteiger partial charge in [0.15, 0.2) is 11.5 Å². The zero-order valence-corrected chi connectivity index (χ0v) is 6.63. The van der Waals surface area contributed by atoms with Gasteiger partial charge in [0.05, 0.1) is 9.52 Å². The van der Waals surface area contributed by atoms with Crippen LogP contribution < -0.4 is 5.19 Å². The molecule has 2 radical (unpaired) electrons. The molecule has 0 bridgehead atoms. The van der Waals surface area contributed by atoms with Crippen LogP contribution in [0.5, 0.6) is 11.5 Å². The molecule has 0 saturated carbocycles. The van der Waals surface area contributed by atoms with Gasteiger partial charge >= 0.3 is 0 Å². The summed E-state index contributed by atoms with van der Waals surface area (Å²) in [5, 5.41) is 18.9. The summed E-state index contributed by atoms with van der Waals surface area (Å²) in [6.45, 7) is 1.95. The Hall–Kier alpha value is -0.963. The van der Waals surface area contributed by atoms with Crippen LogP contribution in [0.3, 0.4) is 0 Å². The molecule has 1 aromatic carbocycles. The second-order valence-corrected chi connectivity index (χ2v) is 2.96. The highest BCUT2D eigenvalue weighted by molar-refractivity contribution is 6.53. The zero-order valence-electron chi connectivity index (χ0n) is 5.63. The molecule has 0 aliphatic carbocycles. The standard InChI is InChI=1S/C7H8O2Si/c1-10-6-4-2-3-5(8)7(6)9/h2-4,8-9H,1H3. The molecular formula is C7H8O2Si. The molecule has 0 unspecified atom stereocenters. The number of hydrogen-bond donors (Lipinski definition) is 2. The topological polar surface area (TPSA) is 40.5 Å².